The Kier molecular flexibility index (Phi) is 6.74. The fourth-order valence-electron chi connectivity index (χ4n) is 3.25. The molecule has 6 heteroatoms. The molecule has 2 aromatic rings. The number of guanidine groups is 1. The Morgan fingerprint density at radius 1 is 1.35 bits per heavy atom. The van der Waals surface area contributed by atoms with E-state index in [0.29, 0.717) is 12.6 Å². The van der Waals surface area contributed by atoms with E-state index in [9.17, 15) is 5.11 Å². The number of hydrogen-bond donors (Lipinski definition) is 3. The maximum absolute atomic E-state index is 10.7. The fraction of sp³-hybridized carbons (Fsp3) is 0.550. The predicted molar refractivity (Wildman–Crippen MR) is 107 cm³/mol. The van der Waals surface area contributed by atoms with E-state index in [1.54, 1.807) is 17.6 Å². The van der Waals surface area contributed by atoms with E-state index in [0.717, 1.165) is 30.2 Å². The average molecular weight is 376 g/mol. The molecule has 3 rings (SSSR count). The van der Waals surface area contributed by atoms with Crippen LogP contribution in [0, 0.1) is 0 Å². The Bertz CT molecular complexity index is 659. The lowest BCUT2D eigenvalue weighted by Crippen LogP contribution is -2.45. The van der Waals surface area contributed by atoms with Crippen molar-refractivity contribution < 1.29 is 9.52 Å². The van der Waals surface area contributed by atoms with Gasteiger partial charge in [-0.3, -0.25) is 0 Å². The number of furan rings is 1. The summed E-state index contributed by atoms with van der Waals surface area (Å²) in [7, 11) is 0. The molecular formula is C20H29N3O2S. The van der Waals surface area contributed by atoms with E-state index in [-0.39, 0.29) is 0 Å². The fourth-order valence-corrected chi connectivity index (χ4v) is 4.03. The van der Waals surface area contributed by atoms with Crippen molar-refractivity contribution in [3.8, 4) is 0 Å². The largest absolute Gasteiger partial charge is 0.469 e. The lowest BCUT2D eigenvalue weighted by molar-refractivity contribution is 0.0677. The Morgan fingerprint density at radius 3 is 2.88 bits per heavy atom. The van der Waals surface area contributed by atoms with Crippen LogP contribution in [0.1, 0.15) is 50.4 Å². The van der Waals surface area contributed by atoms with Gasteiger partial charge in [0.05, 0.1) is 12.8 Å². The number of nitrogens with zero attached hydrogens (tertiary/aromatic N) is 1. The monoisotopic (exact) mass is 375 g/mol. The van der Waals surface area contributed by atoms with Gasteiger partial charge in [-0.1, -0.05) is 19.3 Å². The molecule has 1 aliphatic carbocycles. The standard InChI is InChI=1S/C20H29N3O2S/c1-20(24,16-10-13-26-14-16)15-22-19(23-17-6-3-2-4-7-17)21-11-9-18-8-5-12-25-18/h5,8,10,12-14,17,24H,2-4,6-7,9,11,15H2,1H3,(H2,21,22,23). The number of aliphatic imine (C=N–C) groups is 1. The van der Waals surface area contributed by atoms with Gasteiger partial charge in [-0.25, -0.2) is 4.99 Å². The number of nitrogens with one attached hydrogen (secondary N) is 2. The van der Waals surface area contributed by atoms with Gasteiger partial charge in [-0.05, 0) is 54.3 Å². The highest BCUT2D eigenvalue weighted by atomic mass is 32.1. The first-order valence-electron chi connectivity index (χ1n) is 9.46. The molecule has 26 heavy (non-hydrogen) atoms. The second-order valence-electron chi connectivity index (χ2n) is 7.19. The van der Waals surface area contributed by atoms with Crippen molar-refractivity contribution in [2.45, 2.75) is 57.1 Å². The lowest BCUT2D eigenvalue weighted by atomic mass is 9.96. The van der Waals surface area contributed by atoms with E-state index in [2.05, 4.69) is 15.6 Å². The third kappa shape index (κ3) is 5.61. The minimum atomic E-state index is -0.956. The molecule has 1 unspecified atom stereocenters. The summed E-state index contributed by atoms with van der Waals surface area (Å²) in [6.07, 6.45) is 8.72. The van der Waals surface area contributed by atoms with Crippen LogP contribution in [-0.2, 0) is 12.0 Å². The van der Waals surface area contributed by atoms with Crippen molar-refractivity contribution in [3.63, 3.8) is 0 Å². The van der Waals surface area contributed by atoms with Gasteiger partial charge in [0.15, 0.2) is 5.96 Å². The molecule has 0 aromatic carbocycles. The maximum Gasteiger partial charge on any atom is 0.191 e. The number of aliphatic hydroxyl groups is 1. The quantitative estimate of drug-likeness (QED) is 0.510. The molecule has 2 aromatic heterocycles. The predicted octanol–water partition coefficient (Wildman–Crippen LogP) is 3.66. The number of thiophene rings is 1. The molecule has 2 heterocycles. The van der Waals surface area contributed by atoms with Crippen LogP contribution in [0.25, 0.3) is 0 Å². The minimum absolute atomic E-state index is 0.326. The van der Waals surface area contributed by atoms with E-state index in [1.165, 1.54) is 32.1 Å². The summed E-state index contributed by atoms with van der Waals surface area (Å²) >= 11 is 1.59. The molecule has 0 bridgehead atoms. The van der Waals surface area contributed by atoms with Crippen LogP contribution in [0.5, 0.6) is 0 Å². The lowest BCUT2D eigenvalue weighted by Gasteiger charge is -2.26. The van der Waals surface area contributed by atoms with Crippen molar-refractivity contribution in [2.75, 3.05) is 13.1 Å². The van der Waals surface area contributed by atoms with Crippen LogP contribution in [0.4, 0.5) is 0 Å². The summed E-state index contributed by atoms with van der Waals surface area (Å²) in [4.78, 5) is 4.68. The minimum Gasteiger partial charge on any atom is -0.469 e. The van der Waals surface area contributed by atoms with Crippen molar-refractivity contribution in [3.05, 3.63) is 46.5 Å². The molecule has 1 saturated carbocycles. The second kappa shape index (κ2) is 9.24. The van der Waals surface area contributed by atoms with Gasteiger partial charge in [0.25, 0.3) is 0 Å². The van der Waals surface area contributed by atoms with Gasteiger partial charge >= 0.3 is 0 Å². The van der Waals surface area contributed by atoms with E-state index in [4.69, 9.17) is 4.42 Å². The summed E-state index contributed by atoms with van der Waals surface area (Å²) in [6, 6.07) is 6.31. The van der Waals surface area contributed by atoms with E-state index < -0.39 is 5.60 Å². The molecule has 0 amide bonds. The Balaban J connectivity index is 1.60. The SMILES string of the molecule is CC(O)(CN=C(NCCc1ccco1)NC1CCCCC1)c1ccsc1. The summed E-state index contributed by atoms with van der Waals surface area (Å²) in [5, 5.41) is 21.6. The van der Waals surface area contributed by atoms with Crippen molar-refractivity contribution >= 4 is 17.3 Å². The Morgan fingerprint density at radius 2 is 2.19 bits per heavy atom. The third-order valence-corrected chi connectivity index (χ3v) is 5.56. The summed E-state index contributed by atoms with van der Waals surface area (Å²) in [5.74, 6) is 1.73. The topological polar surface area (TPSA) is 69.8 Å². The van der Waals surface area contributed by atoms with Crippen molar-refractivity contribution in [1.29, 1.82) is 0 Å². The molecule has 1 fully saturated rings. The first kappa shape index (κ1) is 19.0. The highest BCUT2D eigenvalue weighted by Gasteiger charge is 2.24. The molecule has 0 aliphatic heterocycles. The average Bonchev–Trinajstić information content (AvgIpc) is 3.34. The van der Waals surface area contributed by atoms with Gasteiger partial charge in [-0.15, -0.1) is 0 Å². The zero-order valence-electron chi connectivity index (χ0n) is 15.4. The van der Waals surface area contributed by atoms with Gasteiger partial charge in [0.2, 0.25) is 0 Å². The molecule has 0 saturated heterocycles. The van der Waals surface area contributed by atoms with E-state index >= 15 is 0 Å². The van der Waals surface area contributed by atoms with Crippen LogP contribution in [0.2, 0.25) is 0 Å². The van der Waals surface area contributed by atoms with Crippen molar-refractivity contribution in [1.82, 2.24) is 10.6 Å². The van der Waals surface area contributed by atoms with Crippen LogP contribution in [0.15, 0.2) is 44.6 Å². The van der Waals surface area contributed by atoms with Gasteiger partial charge < -0.3 is 20.2 Å². The molecular weight excluding hydrogens is 346 g/mol. The first-order valence-corrected chi connectivity index (χ1v) is 10.4. The number of rotatable bonds is 7. The highest BCUT2D eigenvalue weighted by Crippen LogP contribution is 2.23. The third-order valence-electron chi connectivity index (χ3n) is 4.88. The Labute approximate surface area is 159 Å². The molecule has 0 spiro atoms. The van der Waals surface area contributed by atoms with Crippen LogP contribution in [-0.4, -0.2) is 30.2 Å². The molecule has 0 radical (unpaired) electrons. The molecule has 1 aliphatic rings. The molecule has 5 nitrogen and oxygen atoms in total. The Hall–Kier alpha value is -1.79. The van der Waals surface area contributed by atoms with Crippen LogP contribution >= 0.6 is 11.3 Å². The van der Waals surface area contributed by atoms with Crippen LogP contribution in [0.3, 0.4) is 0 Å². The van der Waals surface area contributed by atoms with Gasteiger partial charge in [0.1, 0.15) is 11.4 Å². The highest BCUT2D eigenvalue weighted by molar-refractivity contribution is 7.08. The first-order chi connectivity index (χ1) is 12.6. The van der Waals surface area contributed by atoms with Gasteiger partial charge in [0, 0.05) is 19.0 Å². The van der Waals surface area contributed by atoms with E-state index in [1.807, 2.05) is 35.9 Å². The summed E-state index contributed by atoms with van der Waals surface area (Å²) < 4.78 is 5.39. The summed E-state index contributed by atoms with van der Waals surface area (Å²) in [6.45, 7) is 2.89. The normalized spacial score (nSPS) is 18.5. The zero-order chi connectivity index (χ0) is 18.2. The smallest absolute Gasteiger partial charge is 0.191 e. The molecule has 3 N–H and O–H groups in total. The van der Waals surface area contributed by atoms with Crippen LogP contribution < -0.4 is 10.6 Å². The zero-order valence-corrected chi connectivity index (χ0v) is 16.2. The molecule has 1 atom stereocenters. The van der Waals surface area contributed by atoms with Gasteiger partial charge in [-0.2, -0.15) is 11.3 Å². The molecule has 142 valence electrons. The maximum atomic E-state index is 10.7. The van der Waals surface area contributed by atoms with Crippen molar-refractivity contribution in [2.24, 2.45) is 4.99 Å². The summed E-state index contributed by atoms with van der Waals surface area (Å²) in [5.41, 5.74) is -0.0406. The second-order valence-corrected chi connectivity index (χ2v) is 7.97. The number of hydrogen-bond acceptors (Lipinski definition) is 4.